The van der Waals surface area contributed by atoms with Gasteiger partial charge in [-0.3, -0.25) is 4.79 Å². The van der Waals surface area contributed by atoms with Crippen molar-refractivity contribution in [1.29, 1.82) is 0 Å². The van der Waals surface area contributed by atoms with Crippen LogP contribution in [-0.2, 0) is 23.7 Å². The number of hydrogen-bond donors (Lipinski definition) is 0. The Morgan fingerprint density at radius 2 is 1.82 bits per heavy atom. The summed E-state index contributed by atoms with van der Waals surface area (Å²) in [6, 6.07) is 0. The summed E-state index contributed by atoms with van der Waals surface area (Å²) in [5, 5.41) is 0. The van der Waals surface area contributed by atoms with Crippen LogP contribution in [0.4, 0.5) is 0 Å². The molecule has 5 aliphatic rings. The quantitative estimate of drug-likeness (QED) is 0.461. The highest BCUT2D eigenvalue weighted by Crippen LogP contribution is 2.62. The minimum Gasteiger partial charge on any atom is -0.463 e. The molecular formula is C23H36O5. The molecule has 0 N–H and O–H groups in total. The zero-order valence-corrected chi connectivity index (χ0v) is 18.1. The standard InChI is InChI=1S/C23H36O5/c1-20(2)16(26-20)7-8-21(3)11-15(21)12-23(5)18(28-23)13-25-19(24)14-6-9-22(4)17(10-14)27-22/h14-18H,6-13H2,1-5H3. The first-order valence-electron chi connectivity index (χ1n) is 11.2. The molecule has 8 unspecified atom stereocenters. The van der Waals surface area contributed by atoms with Gasteiger partial charge >= 0.3 is 5.97 Å². The van der Waals surface area contributed by atoms with E-state index < -0.39 is 0 Å². The monoisotopic (exact) mass is 392 g/mol. The highest BCUT2D eigenvalue weighted by molar-refractivity contribution is 5.73. The Morgan fingerprint density at radius 1 is 1.07 bits per heavy atom. The molecule has 2 aliphatic carbocycles. The second-order valence-electron chi connectivity index (χ2n) is 11.4. The zero-order chi connectivity index (χ0) is 19.9. The molecule has 5 rings (SSSR count). The van der Waals surface area contributed by atoms with Gasteiger partial charge in [-0.1, -0.05) is 6.92 Å². The predicted molar refractivity (Wildman–Crippen MR) is 104 cm³/mol. The van der Waals surface area contributed by atoms with Gasteiger partial charge in [0.2, 0.25) is 0 Å². The molecule has 28 heavy (non-hydrogen) atoms. The molecule has 0 radical (unpaired) electrons. The summed E-state index contributed by atoms with van der Waals surface area (Å²) in [7, 11) is 0. The normalized spacial score (nSPS) is 52.5. The summed E-state index contributed by atoms with van der Waals surface area (Å²) < 4.78 is 23.0. The lowest BCUT2D eigenvalue weighted by molar-refractivity contribution is -0.150. The molecule has 3 saturated heterocycles. The van der Waals surface area contributed by atoms with Crippen LogP contribution in [0, 0.1) is 17.3 Å². The molecular weight excluding hydrogens is 356 g/mol. The third-order valence-electron chi connectivity index (χ3n) is 8.60. The highest BCUT2D eigenvalue weighted by atomic mass is 16.6. The van der Waals surface area contributed by atoms with E-state index in [2.05, 4.69) is 34.6 Å². The van der Waals surface area contributed by atoms with Crippen molar-refractivity contribution in [2.75, 3.05) is 6.61 Å². The van der Waals surface area contributed by atoms with Crippen LogP contribution >= 0.6 is 0 Å². The Hall–Kier alpha value is -0.650. The Balaban J connectivity index is 1.02. The minimum atomic E-state index is -0.108. The number of fused-ring (bicyclic) bond motifs is 1. The Morgan fingerprint density at radius 3 is 2.50 bits per heavy atom. The number of carbonyl (C=O) groups is 1. The first-order chi connectivity index (χ1) is 13.0. The molecule has 0 amide bonds. The lowest BCUT2D eigenvalue weighted by atomic mass is 9.83. The molecule has 0 spiro atoms. The van der Waals surface area contributed by atoms with E-state index in [4.69, 9.17) is 18.9 Å². The average molecular weight is 393 g/mol. The molecule has 0 aromatic rings. The largest absolute Gasteiger partial charge is 0.463 e. The number of epoxide rings is 3. The molecule has 0 aromatic heterocycles. The van der Waals surface area contributed by atoms with Crippen LogP contribution in [0.2, 0.25) is 0 Å². The maximum absolute atomic E-state index is 12.4. The fraction of sp³-hybridized carbons (Fsp3) is 0.957. The number of ether oxygens (including phenoxy) is 4. The zero-order valence-electron chi connectivity index (χ0n) is 18.1. The van der Waals surface area contributed by atoms with Gasteiger partial charge in [-0.25, -0.2) is 0 Å². The van der Waals surface area contributed by atoms with Crippen molar-refractivity contribution in [2.45, 2.75) is 115 Å². The topological polar surface area (TPSA) is 63.9 Å². The number of hydrogen-bond acceptors (Lipinski definition) is 5. The molecule has 3 aliphatic heterocycles. The maximum Gasteiger partial charge on any atom is 0.309 e. The predicted octanol–water partition coefficient (Wildman–Crippen LogP) is 4.02. The van der Waals surface area contributed by atoms with E-state index in [9.17, 15) is 4.79 Å². The molecule has 2 saturated carbocycles. The summed E-state index contributed by atoms with van der Waals surface area (Å²) in [6.45, 7) is 11.5. The van der Waals surface area contributed by atoms with Crippen molar-refractivity contribution >= 4 is 5.97 Å². The van der Waals surface area contributed by atoms with Gasteiger partial charge in [0.05, 0.1) is 34.9 Å². The summed E-state index contributed by atoms with van der Waals surface area (Å²) in [4.78, 5) is 12.4. The first kappa shape index (κ1) is 19.3. The van der Waals surface area contributed by atoms with E-state index >= 15 is 0 Å². The number of rotatable bonds is 8. The van der Waals surface area contributed by atoms with Crippen LogP contribution in [-0.4, -0.2) is 47.7 Å². The first-order valence-corrected chi connectivity index (χ1v) is 11.2. The third-order valence-corrected chi connectivity index (χ3v) is 8.60. The fourth-order valence-electron chi connectivity index (χ4n) is 5.63. The molecule has 8 atom stereocenters. The smallest absolute Gasteiger partial charge is 0.309 e. The van der Waals surface area contributed by atoms with Crippen molar-refractivity contribution < 1.29 is 23.7 Å². The second-order valence-corrected chi connectivity index (χ2v) is 11.4. The van der Waals surface area contributed by atoms with Crippen LogP contribution in [0.3, 0.4) is 0 Å². The molecule has 5 nitrogen and oxygen atoms in total. The Kier molecular flexibility index (Phi) is 4.11. The van der Waals surface area contributed by atoms with Crippen molar-refractivity contribution in [3.05, 3.63) is 0 Å². The van der Waals surface area contributed by atoms with E-state index in [1.807, 2.05) is 0 Å². The molecule has 5 heteroatoms. The Labute approximate surface area is 168 Å². The van der Waals surface area contributed by atoms with Crippen LogP contribution in [0.25, 0.3) is 0 Å². The van der Waals surface area contributed by atoms with E-state index in [-0.39, 0.29) is 40.9 Å². The lowest BCUT2D eigenvalue weighted by Crippen LogP contribution is -2.29. The van der Waals surface area contributed by atoms with E-state index in [1.54, 1.807) is 0 Å². The molecule has 3 heterocycles. The van der Waals surface area contributed by atoms with E-state index in [1.165, 1.54) is 19.3 Å². The minimum absolute atomic E-state index is 0.00574. The summed E-state index contributed by atoms with van der Waals surface area (Å²) in [5.74, 6) is 0.674. The van der Waals surface area contributed by atoms with Gasteiger partial charge in [0.25, 0.3) is 0 Å². The highest BCUT2D eigenvalue weighted by Gasteiger charge is 2.61. The van der Waals surface area contributed by atoms with E-state index in [0.717, 1.165) is 31.6 Å². The van der Waals surface area contributed by atoms with Gasteiger partial charge in [0.1, 0.15) is 12.7 Å². The van der Waals surface area contributed by atoms with Gasteiger partial charge < -0.3 is 18.9 Å². The van der Waals surface area contributed by atoms with Gasteiger partial charge in [-0.2, -0.15) is 0 Å². The van der Waals surface area contributed by atoms with Crippen molar-refractivity contribution in [2.24, 2.45) is 17.3 Å². The molecule has 158 valence electrons. The van der Waals surface area contributed by atoms with Gasteiger partial charge in [0.15, 0.2) is 0 Å². The summed E-state index contributed by atoms with van der Waals surface area (Å²) in [6.07, 6.45) is 8.23. The van der Waals surface area contributed by atoms with Crippen molar-refractivity contribution in [3.63, 3.8) is 0 Å². The molecule has 0 bridgehead atoms. The van der Waals surface area contributed by atoms with Crippen molar-refractivity contribution in [3.8, 4) is 0 Å². The molecule has 5 fully saturated rings. The van der Waals surface area contributed by atoms with Crippen LogP contribution in [0.15, 0.2) is 0 Å². The van der Waals surface area contributed by atoms with Gasteiger partial charge in [-0.05, 0) is 84.0 Å². The average Bonchev–Trinajstić information content (AvgIpc) is 3.54. The summed E-state index contributed by atoms with van der Waals surface area (Å²) >= 11 is 0. The van der Waals surface area contributed by atoms with Crippen LogP contribution in [0.1, 0.15) is 79.6 Å². The number of esters is 1. The maximum atomic E-state index is 12.4. The van der Waals surface area contributed by atoms with Crippen LogP contribution in [0.5, 0.6) is 0 Å². The van der Waals surface area contributed by atoms with Crippen LogP contribution < -0.4 is 0 Å². The third kappa shape index (κ3) is 3.52. The van der Waals surface area contributed by atoms with Gasteiger partial charge in [-0.15, -0.1) is 0 Å². The van der Waals surface area contributed by atoms with E-state index in [0.29, 0.717) is 18.1 Å². The van der Waals surface area contributed by atoms with Gasteiger partial charge in [0, 0.05) is 0 Å². The fourth-order valence-corrected chi connectivity index (χ4v) is 5.63. The SMILES string of the molecule is CC1(CCC2OC2(C)C)CC1CC1(C)OC1COC(=O)C1CCC2(C)OC2C1. The number of carbonyl (C=O) groups excluding carboxylic acids is 1. The summed E-state index contributed by atoms with van der Waals surface area (Å²) in [5.41, 5.74) is 0.483. The lowest BCUT2D eigenvalue weighted by Gasteiger charge is -2.20. The second kappa shape index (κ2) is 5.95. The molecule has 0 aromatic carbocycles. The Bertz CT molecular complexity index is 676. The van der Waals surface area contributed by atoms with Crippen molar-refractivity contribution in [1.82, 2.24) is 0 Å².